The van der Waals surface area contributed by atoms with Gasteiger partial charge in [0.15, 0.2) is 0 Å². The van der Waals surface area contributed by atoms with Gasteiger partial charge in [-0.3, -0.25) is 0 Å². The predicted octanol–water partition coefficient (Wildman–Crippen LogP) is 1.21. The molecule has 3 heteroatoms. The Morgan fingerprint density at radius 3 is 3.18 bits per heavy atom. The Balaban J connectivity index is 2.92. The van der Waals surface area contributed by atoms with Crippen molar-refractivity contribution in [3.8, 4) is 6.07 Å². The molecule has 0 saturated carbocycles. The van der Waals surface area contributed by atoms with Gasteiger partial charge in [0.1, 0.15) is 6.07 Å². The van der Waals surface area contributed by atoms with Crippen LogP contribution in [0.3, 0.4) is 0 Å². The summed E-state index contributed by atoms with van der Waals surface area (Å²) in [5.41, 5.74) is 1.51. The Bertz CT molecular complexity index is 422. The molecule has 3 nitrogen and oxygen atoms in total. The van der Waals surface area contributed by atoms with Crippen LogP contribution in [-0.2, 0) is 0 Å². The molecule has 0 unspecified atom stereocenters. The van der Waals surface area contributed by atoms with E-state index in [1.54, 1.807) is 22.8 Å². The average Bonchev–Trinajstić information content (AvgIpc) is 2.50. The number of pyridine rings is 1. The number of rotatable bonds is 0. The highest BCUT2D eigenvalue weighted by Gasteiger charge is 1.97. The average molecular weight is 143 g/mol. The zero-order chi connectivity index (χ0) is 7.68. The molecule has 2 aromatic heterocycles. The van der Waals surface area contributed by atoms with Gasteiger partial charge in [0.25, 0.3) is 0 Å². The van der Waals surface area contributed by atoms with Crippen molar-refractivity contribution in [1.82, 2.24) is 9.61 Å². The molecule has 0 aliphatic carbocycles. The maximum atomic E-state index is 8.66. The molecule has 0 N–H and O–H groups in total. The first-order valence-electron chi connectivity index (χ1n) is 3.24. The minimum Gasteiger partial charge on any atom is -0.240 e. The van der Waals surface area contributed by atoms with Crippen molar-refractivity contribution in [2.24, 2.45) is 0 Å². The van der Waals surface area contributed by atoms with Crippen molar-refractivity contribution in [3.05, 3.63) is 36.2 Å². The minimum absolute atomic E-state index is 0.657. The van der Waals surface area contributed by atoms with Gasteiger partial charge in [0, 0.05) is 6.20 Å². The highest BCUT2D eigenvalue weighted by Crippen LogP contribution is 2.07. The second-order valence-electron chi connectivity index (χ2n) is 2.19. The standard InChI is InChI=1S/C8H5N3/c9-6-7-2-1-5-11-8(7)3-4-10-11/h1-5H. The third-order valence-electron chi connectivity index (χ3n) is 1.56. The van der Waals surface area contributed by atoms with Gasteiger partial charge < -0.3 is 0 Å². The molecule has 0 bridgehead atoms. The molecule has 2 rings (SSSR count). The molecule has 0 atom stereocenters. The topological polar surface area (TPSA) is 41.1 Å². The first-order valence-corrected chi connectivity index (χ1v) is 3.24. The summed E-state index contributed by atoms with van der Waals surface area (Å²) in [5.74, 6) is 0. The lowest BCUT2D eigenvalue weighted by molar-refractivity contribution is 0.959. The van der Waals surface area contributed by atoms with Gasteiger partial charge in [-0.15, -0.1) is 0 Å². The molecule has 52 valence electrons. The van der Waals surface area contributed by atoms with E-state index in [1.165, 1.54) is 0 Å². The zero-order valence-corrected chi connectivity index (χ0v) is 5.73. The van der Waals surface area contributed by atoms with Gasteiger partial charge in [0.05, 0.1) is 17.3 Å². The van der Waals surface area contributed by atoms with Crippen LogP contribution in [0.2, 0.25) is 0 Å². The smallest absolute Gasteiger partial charge is 0.101 e. The molecule has 0 fully saturated rings. The van der Waals surface area contributed by atoms with E-state index in [1.807, 2.05) is 12.3 Å². The Morgan fingerprint density at radius 1 is 1.45 bits per heavy atom. The molecule has 0 aliphatic rings. The maximum absolute atomic E-state index is 8.66. The van der Waals surface area contributed by atoms with Crippen molar-refractivity contribution < 1.29 is 0 Å². The normalized spacial score (nSPS) is 9.73. The number of fused-ring (bicyclic) bond motifs is 1. The highest BCUT2D eigenvalue weighted by molar-refractivity contribution is 5.59. The van der Waals surface area contributed by atoms with Crippen molar-refractivity contribution in [2.45, 2.75) is 0 Å². The molecule has 2 heterocycles. The summed E-state index contributed by atoms with van der Waals surface area (Å²) < 4.78 is 1.68. The fourth-order valence-corrected chi connectivity index (χ4v) is 1.05. The summed E-state index contributed by atoms with van der Waals surface area (Å²) >= 11 is 0. The first kappa shape index (κ1) is 5.93. The van der Waals surface area contributed by atoms with E-state index in [9.17, 15) is 0 Å². The summed E-state index contributed by atoms with van der Waals surface area (Å²) in [7, 11) is 0. The van der Waals surface area contributed by atoms with Crippen LogP contribution in [0.25, 0.3) is 5.52 Å². The molecular weight excluding hydrogens is 138 g/mol. The van der Waals surface area contributed by atoms with Crippen molar-refractivity contribution in [1.29, 1.82) is 5.26 Å². The van der Waals surface area contributed by atoms with E-state index in [4.69, 9.17) is 5.26 Å². The van der Waals surface area contributed by atoms with Crippen LogP contribution in [0.5, 0.6) is 0 Å². The summed E-state index contributed by atoms with van der Waals surface area (Å²) in [6.07, 6.45) is 3.49. The summed E-state index contributed by atoms with van der Waals surface area (Å²) in [6.45, 7) is 0. The fraction of sp³-hybridized carbons (Fsp3) is 0. The lowest BCUT2D eigenvalue weighted by atomic mass is 10.2. The first-order chi connectivity index (χ1) is 5.42. The van der Waals surface area contributed by atoms with Crippen LogP contribution in [0, 0.1) is 11.3 Å². The van der Waals surface area contributed by atoms with Crippen LogP contribution < -0.4 is 0 Å². The van der Waals surface area contributed by atoms with E-state index < -0.39 is 0 Å². The molecule has 0 saturated heterocycles. The highest BCUT2D eigenvalue weighted by atomic mass is 15.2. The van der Waals surface area contributed by atoms with Gasteiger partial charge in [0.2, 0.25) is 0 Å². The zero-order valence-electron chi connectivity index (χ0n) is 5.73. The second kappa shape index (κ2) is 2.10. The molecule has 0 radical (unpaired) electrons. The Hall–Kier alpha value is -1.82. The molecule has 11 heavy (non-hydrogen) atoms. The van der Waals surface area contributed by atoms with Crippen LogP contribution in [0.4, 0.5) is 0 Å². The van der Waals surface area contributed by atoms with Gasteiger partial charge >= 0.3 is 0 Å². The van der Waals surface area contributed by atoms with Crippen molar-refractivity contribution in [2.75, 3.05) is 0 Å². The SMILES string of the molecule is N#Cc1cccn2nccc12. The molecular formula is C8H5N3. The summed E-state index contributed by atoms with van der Waals surface area (Å²) in [5, 5.41) is 12.7. The Labute approximate surface area is 63.5 Å². The van der Waals surface area contributed by atoms with E-state index >= 15 is 0 Å². The lowest BCUT2D eigenvalue weighted by Gasteiger charge is -1.92. The lowest BCUT2D eigenvalue weighted by Crippen LogP contribution is -1.86. The van der Waals surface area contributed by atoms with Crippen molar-refractivity contribution in [3.63, 3.8) is 0 Å². The van der Waals surface area contributed by atoms with Crippen LogP contribution >= 0.6 is 0 Å². The quantitative estimate of drug-likeness (QED) is 0.556. The largest absolute Gasteiger partial charge is 0.240 e. The van der Waals surface area contributed by atoms with Gasteiger partial charge in [-0.2, -0.15) is 10.4 Å². The molecule has 0 aromatic carbocycles. The molecule has 0 amide bonds. The van der Waals surface area contributed by atoms with E-state index in [-0.39, 0.29) is 0 Å². The van der Waals surface area contributed by atoms with Crippen LogP contribution in [0.15, 0.2) is 30.6 Å². The van der Waals surface area contributed by atoms with E-state index in [2.05, 4.69) is 11.2 Å². The molecule has 0 spiro atoms. The Morgan fingerprint density at radius 2 is 2.36 bits per heavy atom. The fourth-order valence-electron chi connectivity index (χ4n) is 1.05. The minimum atomic E-state index is 0.657. The third-order valence-corrected chi connectivity index (χ3v) is 1.56. The molecule has 0 aliphatic heterocycles. The number of nitrogens with zero attached hydrogens (tertiary/aromatic N) is 3. The molecule has 2 aromatic rings. The monoisotopic (exact) mass is 143 g/mol. The van der Waals surface area contributed by atoms with Crippen LogP contribution in [0.1, 0.15) is 5.56 Å². The van der Waals surface area contributed by atoms with Gasteiger partial charge in [-0.1, -0.05) is 0 Å². The van der Waals surface area contributed by atoms with E-state index in [0.717, 1.165) is 5.52 Å². The van der Waals surface area contributed by atoms with Crippen LogP contribution in [-0.4, -0.2) is 9.61 Å². The van der Waals surface area contributed by atoms with Gasteiger partial charge in [-0.05, 0) is 18.2 Å². The number of hydrogen-bond acceptors (Lipinski definition) is 2. The van der Waals surface area contributed by atoms with Crippen molar-refractivity contribution >= 4 is 5.52 Å². The summed E-state index contributed by atoms with van der Waals surface area (Å²) in [4.78, 5) is 0. The van der Waals surface area contributed by atoms with Gasteiger partial charge in [-0.25, -0.2) is 4.52 Å². The second-order valence-corrected chi connectivity index (χ2v) is 2.19. The summed E-state index contributed by atoms with van der Waals surface area (Å²) in [6, 6.07) is 7.49. The maximum Gasteiger partial charge on any atom is 0.101 e. The predicted molar refractivity (Wildman–Crippen MR) is 39.9 cm³/mol. The van der Waals surface area contributed by atoms with E-state index in [0.29, 0.717) is 5.56 Å². The number of aromatic nitrogens is 2. The number of hydrogen-bond donors (Lipinski definition) is 0. The third kappa shape index (κ3) is 0.767. The Kier molecular flexibility index (Phi) is 1.13. The number of nitriles is 1.